The molecular weight excluding hydrogens is 457 g/mol. The Morgan fingerprint density at radius 1 is 1.26 bits per heavy atom. The standard InChI is InChI=1S/C25H25ClFN5O2/c1-34-22-13-20-17(24(29-15-28-20)30-16-4-5-19(27)18(26)11-16)12-21(22)31-23(33)3-2-9-32-10-8-25(14-32)6-7-25/h2-5,11-13,15H,6-10,14H2,1H3,(H,31,33)(H,28,29,30). The molecule has 7 nitrogen and oxygen atoms in total. The maximum Gasteiger partial charge on any atom is 0.248 e. The lowest BCUT2D eigenvalue weighted by molar-refractivity contribution is -0.111. The van der Waals surface area contributed by atoms with Crippen LogP contribution in [0.1, 0.15) is 19.3 Å². The molecule has 1 saturated carbocycles. The van der Waals surface area contributed by atoms with Crippen molar-refractivity contribution in [3.8, 4) is 5.75 Å². The molecule has 3 aromatic rings. The zero-order valence-corrected chi connectivity index (χ0v) is 19.5. The van der Waals surface area contributed by atoms with E-state index in [2.05, 4.69) is 25.5 Å². The number of carbonyl (C=O) groups excluding carboxylic acids is 1. The van der Waals surface area contributed by atoms with Crippen LogP contribution in [0.15, 0.2) is 48.8 Å². The molecule has 176 valence electrons. The third-order valence-corrected chi connectivity index (χ3v) is 6.79. The predicted octanol–water partition coefficient (Wildman–Crippen LogP) is 5.16. The van der Waals surface area contributed by atoms with Crippen LogP contribution >= 0.6 is 11.6 Å². The first-order valence-electron chi connectivity index (χ1n) is 11.2. The molecule has 1 aromatic heterocycles. The van der Waals surface area contributed by atoms with Crippen molar-refractivity contribution in [2.45, 2.75) is 19.3 Å². The number of benzene rings is 2. The number of anilines is 3. The van der Waals surface area contributed by atoms with Gasteiger partial charge in [-0.3, -0.25) is 9.69 Å². The Kier molecular flexibility index (Phi) is 6.10. The number of halogens is 2. The Morgan fingerprint density at radius 3 is 2.85 bits per heavy atom. The van der Waals surface area contributed by atoms with Crippen molar-refractivity contribution in [2.24, 2.45) is 5.41 Å². The topological polar surface area (TPSA) is 79.4 Å². The summed E-state index contributed by atoms with van der Waals surface area (Å²) in [5.41, 5.74) is 2.27. The second-order valence-electron chi connectivity index (χ2n) is 8.92. The molecule has 0 radical (unpaired) electrons. The maximum atomic E-state index is 13.5. The number of hydrogen-bond donors (Lipinski definition) is 2. The Hall–Kier alpha value is -3.23. The Labute approximate surface area is 202 Å². The number of hydrogen-bond acceptors (Lipinski definition) is 6. The third kappa shape index (κ3) is 4.83. The SMILES string of the molecule is COc1cc2ncnc(Nc3ccc(F)c(Cl)c3)c2cc1NC(=O)C=CCN1CCC2(CC2)C1. The molecular formula is C25H25ClFN5O2. The van der Waals surface area contributed by atoms with E-state index in [4.69, 9.17) is 16.3 Å². The van der Waals surface area contributed by atoms with Gasteiger partial charge in [-0.1, -0.05) is 17.7 Å². The van der Waals surface area contributed by atoms with Crippen molar-refractivity contribution in [2.75, 3.05) is 37.4 Å². The first kappa shape index (κ1) is 22.6. The number of nitrogens with one attached hydrogen (secondary N) is 2. The van der Waals surface area contributed by atoms with E-state index >= 15 is 0 Å². The smallest absolute Gasteiger partial charge is 0.248 e. The predicted molar refractivity (Wildman–Crippen MR) is 131 cm³/mol. The molecule has 1 aliphatic heterocycles. The molecule has 2 aliphatic rings. The summed E-state index contributed by atoms with van der Waals surface area (Å²) in [4.78, 5) is 23.6. The third-order valence-electron chi connectivity index (χ3n) is 6.50. The molecule has 9 heteroatoms. The lowest BCUT2D eigenvalue weighted by Crippen LogP contribution is -2.21. The van der Waals surface area contributed by atoms with Crippen molar-refractivity contribution < 1.29 is 13.9 Å². The molecule has 0 bridgehead atoms. The highest BCUT2D eigenvalue weighted by Crippen LogP contribution is 2.52. The van der Waals surface area contributed by atoms with Crippen molar-refractivity contribution in [1.29, 1.82) is 0 Å². The van der Waals surface area contributed by atoms with Gasteiger partial charge in [0.1, 0.15) is 23.7 Å². The van der Waals surface area contributed by atoms with Crippen LogP contribution in [-0.4, -0.2) is 47.5 Å². The highest BCUT2D eigenvalue weighted by Gasteiger charge is 2.47. The van der Waals surface area contributed by atoms with Crippen LogP contribution in [0.2, 0.25) is 5.02 Å². The fourth-order valence-electron chi connectivity index (χ4n) is 4.41. The highest BCUT2D eigenvalue weighted by molar-refractivity contribution is 6.31. The Balaban J connectivity index is 1.33. The van der Waals surface area contributed by atoms with E-state index in [9.17, 15) is 9.18 Å². The van der Waals surface area contributed by atoms with E-state index in [-0.39, 0.29) is 10.9 Å². The average Bonchev–Trinajstić information content (AvgIpc) is 3.46. The van der Waals surface area contributed by atoms with Gasteiger partial charge in [0, 0.05) is 36.3 Å². The number of carbonyl (C=O) groups is 1. The van der Waals surface area contributed by atoms with Crippen LogP contribution in [0.3, 0.4) is 0 Å². The van der Waals surface area contributed by atoms with E-state index in [1.807, 2.05) is 6.08 Å². The number of ether oxygens (including phenoxy) is 1. The summed E-state index contributed by atoms with van der Waals surface area (Å²) in [7, 11) is 1.54. The summed E-state index contributed by atoms with van der Waals surface area (Å²) < 4.78 is 19.0. The van der Waals surface area contributed by atoms with Crippen molar-refractivity contribution >= 4 is 45.6 Å². The largest absolute Gasteiger partial charge is 0.494 e. The summed E-state index contributed by atoms with van der Waals surface area (Å²) in [6.45, 7) is 3.00. The van der Waals surface area contributed by atoms with E-state index < -0.39 is 5.82 Å². The normalized spacial score (nSPS) is 16.9. The quantitative estimate of drug-likeness (QED) is 0.454. The molecule has 0 unspecified atom stereocenters. The van der Waals surface area contributed by atoms with Crippen LogP contribution in [0.4, 0.5) is 21.6 Å². The monoisotopic (exact) mass is 481 g/mol. The van der Waals surface area contributed by atoms with Gasteiger partial charge in [0.15, 0.2) is 0 Å². The number of rotatable bonds is 7. The Morgan fingerprint density at radius 2 is 2.12 bits per heavy atom. The van der Waals surface area contributed by atoms with Crippen LogP contribution < -0.4 is 15.4 Å². The fraction of sp³-hybridized carbons (Fsp3) is 0.320. The van der Waals surface area contributed by atoms with Gasteiger partial charge in [0.2, 0.25) is 5.91 Å². The number of fused-ring (bicyclic) bond motifs is 1. The first-order chi connectivity index (χ1) is 16.4. The van der Waals surface area contributed by atoms with Gasteiger partial charge in [0.05, 0.1) is 23.3 Å². The first-order valence-corrected chi connectivity index (χ1v) is 11.6. The van der Waals surface area contributed by atoms with Crippen LogP contribution in [0.25, 0.3) is 10.9 Å². The minimum atomic E-state index is -0.501. The van der Waals surface area contributed by atoms with Crippen molar-refractivity contribution in [1.82, 2.24) is 14.9 Å². The second-order valence-corrected chi connectivity index (χ2v) is 9.33. The number of nitrogens with zero attached hydrogens (tertiary/aromatic N) is 3. The molecule has 5 rings (SSSR count). The number of methoxy groups -OCH3 is 1. The summed E-state index contributed by atoms with van der Waals surface area (Å²) >= 11 is 5.90. The van der Waals surface area contributed by atoms with Gasteiger partial charge in [-0.15, -0.1) is 0 Å². The van der Waals surface area contributed by atoms with E-state index in [1.54, 1.807) is 24.3 Å². The van der Waals surface area contributed by atoms with Crippen molar-refractivity contribution in [3.05, 3.63) is 59.7 Å². The average molecular weight is 482 g/mol. The molecule has 1 spiro atoms. The number of aromatic nitrogens is 2. The minimum absolute atomic E-state index is 0.00556. The van der Waals surface area contributed by atoms with Crippen LogP contribution in [0.5, 0.6) is 5.75 Å². The molecule has 2 N–H and O–H groups in total. The molecule has 1 amide bonds. The van der Waals surface area contributed by atoms with Gasteiger partial charge in [-0.25, -0.2) is 14.4 Å². The second kappa shape index (κ2) is 9.19. The van der Waals surface area contributed by atoms with Gasteiger partial charge in [-0.05, 0) is 55.5 Å². The van der Waals surface area contributed by atoms with Gasteiger partial charge in [-0.2, -0.15) is 0 Å². The minimum Gasteiger partial charge on any atom is -0.494 e. The lowest BCUT2D eigenvalue weighted by atomic mass is 10.1. The van der Waals surface area contributed by atoms with Crippen LogP contribution in [-0.2, 0) is 4.79 Å². The van der Waals surface area contributed by atoms with Crippen molar-refractivity contribution in [3.63, 3.8) is 0 Å². The molecule has 2 aromatic carbocycles. The number of amides is 1. The van der Waals surface area contributed by atoms with Gasteiger partial charge >= 0.3 is 0 Å². The summed E-state index contributed by atoms with van der Waals surface area (Å²) in [5, 5.41) is 6.69. The lowest BCUT2D eigenvalue weighted by Gasteiger charge is -2.14. The van der Waals surface area contributed by atoms with E-state index in [1.165, 1.54) is 44.8 Å². The molecule has 0 atom stereocenters. The zero-order chi connectivity index (χ0) is 23.7. The molecule has 2 fully saturated rings. The zero-order valence-electron chi connectivity index (χ0n) is 18.8. The molecule has 2 heterocycles. The summed E-state index contributed by atoms with van der Waals surface area (Å²) in [6.07, 6.45) is 8.82. The summed E-state index contributed by atoms with van der Waals surface area (Å²) in [5.74, 6) is 0.234. The molecule has 34 heavy (non-hydrogen) atoms. The molecule has 1 saturated heterocycles. The van der Waals surface area contributed by atoms with E-state index in [0.29, 0.717) is 39.3 Å². The van der Waals surface area contributed by atoms with E-state index in [0.717, 1.165) is 19.6 Å². The maximum absolute atomic E-state index is 13.5. The summed E-state index contributed by atoms with van der Waals surface area (Å²) in [6, 6.07) is 7.82. The van der Waals surface area contributed by atoms with Gasteiger partial charge in [0.25, 0.3) is 0 Å². The highest BCUT2D eigenvalue weighted by atomic mass is 35.5. The van der Waals surface area contributed by atoms with Crippen LogP contribution in [0, 0.1) is 11.2 Å². The number of likely N-dealkylation sites (tertiary alicyclic amines) is 1. The Bertz CT molecular complexity index is 1280. The molecule has 1 aliphatic carbocycles. The fourth-order valence-corrected chi connectivity index (χ4v) is 4.59. The van der Waals surface area contributed by atoms with Gasteiger partial charge < -0.3 is 15.4 Å².